The van der Waals surface area contributed by atoms with E-state index in [-0.39, 0.29) is 5.91 Å². The van der Waals surface area contributed by atoms with Crippen molar-refractivity contribution in [2.45, 2.75) is 25.3 Å². The topological polar surface area (TPSA) is 54.9 Å². The molecule has 1 aromatic carbocycles. The molecule has 124 valence electrons. The Morgan fingerprint density at radius 3 is 2.79 bits per heavy atom. The minimum Gasteiger partial charge on any atom is -0.355 e. The molecule has 6 heteroatoms. The lowest BCUT2D eigenvalue weighted by Crippen LogP contribution is -2.27. The van der Waals surface area contributed by atoms with Crippen LogP contribution in [0, 0.1) is 13.8 Å². The van der Waals surface area contributed by atoms with Crippen molar-refractivity contribution in [3.63, 3.8) is 0 Å². The van der Waals surface area contributed by atoms with Crippen LogP contribution in [0.15, 0.2) is 41.7 Å². The van der Waals surface area contributed by atoms with Gasteiger partial charge in [-0.2, -0.15) is 0 Å². The van der Waals surface area contributed by atoms with Gasteiger partial charge in [0.2, 0.25) is 5.91 Å². The van der Waals surface area contributed by atoms with Crippen LogP contribution in [-0.2, 0) is 11.2 Å². The maximum Gasteiger partial charge on any atom is 0.230 e. The predicted octanol–water partition coefficient (Wildman–Crippen LogP) is 3.76. The van der Waals surface area contributed by atoms with Gasteiger partial charge in [-0.15, -0.1) is 11.3 Å². The molecule has 0 atom stereocenters. The summed E-state index contributed by atoms with van der Waals surface area (Å²) in [5.41, 5.74) is 2.44. The summed E-state index contributed by atoms with van der Waals surface area (Å²) < 4.78 is 0. The molecule has 0 saturated carbocycles. The summed E-state index contributed by atoms with van der Waals surface area (Å²) in [5, 5.41) is 4.94. The summed E-state index contributed by atoms with van der Waals surface area (Å²) in [6.07, 6.45) is 2.42. The number of carbonyl (C=O) groups is 1. The molecule has 0 radical (unpaired) electrons. The molecular weight excluding hydrogens is 338 g/mol. The molecule has 0 fully saturated rings. The van der Waals surface area contributed by atoms with E-state index >= 15 is 0 Å². The van der Waals surface area contributed by atoms with Gasteiger partial charge in [-0.25, -0.2) is 9.97 Å². The van der Waals surface area contributed by atoms with Crippen LogP contribution in [0.3, 0.4) is 0 Å². The summed E-state index contributed by atoms with van der Waals surface area (Å²) in [6.45, 7) is 4.83. The fourth-order valence-corrected chi connectivity index (χ4v) is 4.38. The molecule has 0 unspecified atom stereocenters. The molecule has 1 N–H and O–H groups in total. The van der Waals surface area contributed by atoms with Gasteiger partial charge < -0.3 is 5.32 Å². The van der Waals surface area contributed by atoms with Crippen LogP contribution in [0.25, 0.3) is 10.2 Å². The molecule has 0 spiro atoms. The largest absolute Gasteiger partial charge is 0.355 e. The lowest BCUT2D eigenvalue weighted by atomic mass is 10.1. The summed E-state index contributed by atoms with van der Waals surface area (Å²) >= 11 is 3.15. The van der Waals surface area contributed by atoms with Crippen LogP contribution < -0.4 is 5.32 Å². The zero-order chi connectivity index (χ0) is 16.9. The van der Waals surface area contributed by atoms with Crippen LogP contribution in [0.4, 0.5) is 0 Å². The highest BCUT2D eigenvalue weighted by Gasteiger charge is 2.13. The second-order valence-electron chi connectivity index (χ2n) is 5.52. The van der Waals surface area contributed by atoms with E-state index in [9.17, 15) is 4.79 Å². The van der Waals surface area contributed by atoms with Crippen molar-refractivity contribution in [1.82, 2.24) is 15.3 Å². The highest BCUT2D eigenvalue weighted by molar-refractivity contribution is 8.00. The Labute approximate surface area is 149 Å². The highest BCUT2D eigenvalue weighted by Crippen LogP contribution is 2.34. The number of benzene rings is 1. The van der Waals surface area contributed by atoms with E-state index < -0.39 is 0 Å². The van der Waals surface area contributed by atoms with Crippen molar-refractivity contribution < 1.29 is 4.79 Å². The third kappa shape index (κ3) is 3.94. The maximum atomic E-state index is 12.1. The van der Waals surface area contributed by atoms with Gasteiger partial charge in [0.15, 0.2) is 0 Å². The van der Waals surface area contributed by atoms with E-state index in [1.54, 1.807) is 17.7 Å². The van der Waals surface area contributed by atoms with Gasteiger partial charge in [0.1, 0.15) is 16.2 Å². The van der Waals surface area contributed by atoms with Crippen molar-refractivity contribution in [3.05, 3.63) is 52.7 Å². The normalized spacial score (nSPS) is 10.9. The van der Waals surface area contributed by atoms with Gasteiger partial charge in [-0.3, -0.25) is 4.79 Å². The summed E-state index contributed by atoms with van der Waals surface area (Å²) in [4.78, 5) is 23.0. The Hall–Kier alpha value is -1.92. The number of hydrogen-bond donors (Lipinski definition) is 1. The smallest absolute Gasteiger partial charge is 0.230 e. The number of thiophene rings is 1. The molecule has 2 heterocycles. The molecule has 0 aliphatic heterocycles. The van der Waals surface area contributed by atoms with Gasteiger partial charge in [0.05, 0.1) is 5.75 Å². The second-order valence-corrected chi connectivity index (χ2v) is 7.68. The van der Waals surface area contributed by atoms with Crippen molar-refractivity contribution in [2.24, 2.45) is 0 Å². The fourth-order valence-electron chi connectivity index (χ4n) is 2.44. The van der Waals surface area contributed by atoms with E-state index in [0.29, 0.717) is 12.3 Å². The number of aryl methyl sites for hydroxylation is 2. The number of rotatable bonds is 6. The van der Waals surface area contributed by atoms with Crippen molar-refractivity contribution in [1.29, 1.82) is 0 Å². The maximum absolute atomic E-state index is 12.1. The second kappa shape index (κ2) is 7.77. The summed E-state index contributed by atoms with van der Waals surface area (Å²) in [6, 6.07) is 10.2. The molecule has 0 saturated heterocycles. The molecular formula is C18H19N3OS2. The molecule has 4 nitrogen and oxygen atoms in total. The third-order valence-corrected chi connectivity index (χ3v) is 5.95. The zero-order valence-corrected chi connectivity index (χ0v) is 15.3. The SMILES string of the molecule is Cc1sc2ncnc(SCC(=O)NCCc3ccccc3)c2c1C. The molecule has 3 aromatic rings. The van der Waals surface area contributed by atoms with Gasteiger partial charge in [0.25, 0.3) is 0 Å². The standard InChI is InChI=1S/C18H19N3OS2/c1-12-13(2)24-18-16(12)17(20-11-21-18)23-10-15(22)19-9-8-14-6-4-3-5-7-14/h3-7,11H,8-10H2,1-2H3,(H,19,22). The first-order chi connectivity index (χ1) is 11.6. The number of nitrogens with zero attached hydrogens (tertiary/aromatic N) is 2. The number of aromatic nitrogens is 2. The Kier molecular flexibility index (Phi) is 5.48. The monoisotopic (exact) mass is 357 g/mol. The number of thioether (sulfide) groups is 1. The number of amides is 1. The molecule has 0 aliphatic rings. The van der Waals surface area contributed by atoms with E-state index in [1.807, 2.05) is 18.2 Å². The van der Waals surface area contributed by atoms with E-state index in [0.717, 1.165) is 21.7 Å². The lowest BCUT2D eigenvalue weighted by molar-refractivity contribution is -0.118. The van der Waals surface area contributed by atoms with Crippen LogP contribution in [0.1, 0.15) is 16.0 Å². The number of nitrogens with one attached hydrogen (secondary N) is 1. The van der Waals surface area contributed by atoms with Gasteiger partial charge in [0, 0.05) is 16.8 Å². The predicted molar refractivity (Wildman–Crippen MR) is 101 cm³/mol. The first kappa shape index (κ1) is 16.9. The fraction of sp³-hybridized carbons (Fsp3) is 0.278. The Morgan fingerprint density at radius 2 is 2.00 bits per heavy atom. The zero-order valence-electron chi connectivity index (χ0n) is 13.7. The van der Waals surface area contributed by atoms with Crippen molar-refractivity contribution in [3.8, 4) is 0 Å². The quantitative estimate of drug-likeness (QED) is 0.539. The van der Waals surface area contributed by atoms with Crippen molar-refractivity contribution in [2.75, 3.05) is 12.3 Å². The average molecular weight is 358 g/mol. The number of carbonyl (C=O) groups excluding carboxylic acids is 1. The van der Waals surface area contributed by atoms with Crippen LogP contribution >= 0.6 is 23.1 Å². The van der Waals surface area contributed by atoms with E-state index in [2.05, 4.69) is 41.3 Å². The average Bonchev–Trinajstić information content (AvgIpc) is 2.89. The molecule has 24 heavy (non-hydrogen) atoms. The highest BCUT2D eigenvalue weighted by atomic mass is 32.2. The van der Waals surface area contributed by atoms with Crippen LogP contribution in [-0.4, -0.2) is 28.2 Å². The van der Waals surface area contributed by atoms with Crippen LogP contribution in [0.5, 0.6) is 0 Å². The lowest BCUT2D eigenvalue weighted by Gasteiger charge is -2.06. The van der Waals surface area contributed by atoms with Gasteiger partial charge in [-0.1, -0.05) is 42.1 Å². The minimum atomic E-state index is 0.0345. The molecule has 3 rings (SSSR count). The Morgan fingerprint density at radius 1 is 1.21 bits per heavy atom. The molecule has 0 bridgehead atoms. The first-order valence-corrected chi connectivity index (χ1v) is 9.59. The van der Waals surface area contributed by atoms with Crippen molar-refractivity contribution >= 4 is 39.2 Å². The first-order valence-electron chi connectivity index (χ1n) is 7.79. The van der Waals surface area contributed by atoms with E-state index in [1.165, 1.54) is 27.8 Å². The summed E-state index contributed by atoms with van der Waals surface area (Å²) in [7, 11) is 0. The van der Waals surface area contributed by atoms with Gasteiger partial charge in [-0.05, 0) is 31.4 Å². The Bertz CT molecular complexity index is 846. The molecule has 2 aromatic heterocycles. The number of hydrogen-bond acceptors (Lipinski definition) is 5. The number of fused-ring (bicyclic) bond motifs is 1. The molecule has 0 aliphatic carbocycles. The Balaban J connectivity index is 1.55. The third-order valence-electron chi connectivity index (χ3n) is 3.85. The van der Waals surface area contributed by atoms with Gasteiger partial charge >= 0.3 is 0 Å². The minimum absolute atomic E-state index is 0.0345. The summed E-state index contributed by atoms with van der Waals surface area (Å²) in [5.74, 6) is 0.405. The molecule has 1 amide bonds. The van der Waals surface area contributed by atoms with Crippen LogP contribution in [0.2, 0.25) is 0 Å². The van der Waals surface area contributed by atoms with E-state index in [4.69, 9.17) is 0 Å².